The first-order valence-corrected chi connectivity index (χ1v) is 6.14. The van der Waals surface area contributed by atoms with Gasteiger partial charge in [-0.3, -0.25) is 4.79 Å². The minimum atomic E-state index is -0.796. The molecule has 0 aliphatic rings. The van der Waals surface area contributed by atoms with Crippen molar-refractivity contribution >= 4 is 11.7 Å². The molecule has 1 aromatic carbocycles. The summed E-state index contributed by atoms with van der Waals surface area (Å²) in [6.45, 7) is 4.38. The highest BCUT2D eigenvalue weighted by molar-refractivity contribution is 5.73. The molecule has 1 atom stereocenters. The number of hydrogen-bond donors (Lipinski definition) is 2. The molecule has 0 spiro atoms. The fourth-order valence-electron chi connectivity index (χ4n) is 1.75. The molecule has 0 fully saturated rings. The van der Waals surface area contributed by atoms with Gasteiger partial charge in [0.25, 0.3) is 0 Å². The third-order valence-corrected chi connectivity index (χ3v) is 2.91. The maximum absolute atomic E-state index is 11.0. The zero-order valence-corrected chi connectivity index (χ0v) is 11.5. The highest BCUT2D eigenvalue weighted by Crippen LogP contribution is 2.12. The van der Waals surface area contributed by atoms with Crippen LogP contribution in [0.4, 0.5) is 5.69 Å². The van der Waals surface area contributed by atoms with E-state index >= 15 is 0 Å². The van der Waals surface area contributed by atoms with E-state index in [2.05, 4.69) is 5.32 Å². The Balaban J connectivity index is 2.60. The average Bonchev–Trinajstić information content (AvgIpc) is 2.28. The van der Waals surface area contributed by atoms with Gasteiger partial charge in [0.15, 0.2) is 0 Å². The number of rotatable bonds is 6. The second kappa shape index (κ2) is 6.40. The summed E-state index contributed by atoms with van der Waals surface area (Å²) in [5.41, 5.74) is 2.23. The quantitative estimate of drug-likeness (QED) is 0.810. The van der Waals surface area contributed by atoms with Gasteiger partial charge in [-0.1, -0.05) is 26.0 Å². The number of carboxylic acids is 1. The number of carbonyl (C=O) groups is 1. The number of benzene rings is 1. The van der Waals surface area contributed by atoms with Crippen LogP contribution in [0.15, 0.2) is 24.3 Å². The van der Waals surface area contributed by atoms with E-state index in [0.29, 0.717) is 6.54 Å². The topological polar surface area (TPSA) is 52.6 Å². The Kier molecular flexibility index (Phi) is 5.16. The van der Waals surface area contributed by atoms with Crippen LogP contribution in [-0.2, 0) is 11.3 Å². The summed E-state index contributed by atoms with van der Waals surface area (Å²) in [6, 6.07) is 7.59. The first-order chi connectivity index (χ1) is 8.41. The first-order valence-electron chi connectivity index (χ1n) is 6.14. The molecule has 1 rings (SSSR count). The fourth-order valence-corrected chi connectivity index (χ4v) is 1.75. The van der Waals surface area contributed by atoms with Gasteiger partial charge in [-0.15, -0.1) is 0 Å². The Hall–Kier alpha value is -1.55. The molecule has 2 N–H and O–H groups in total. The highest BCUT2D eigenvalue weighted by atomic mass is 16.4. The van der Waals surface area contributed by atoms with Crippen molar-refractivity contribution in [3.63, 3.8) is 0 Å². The molecule has 0 saturated carbocycles. The molecule has 0 radical (unpaired) electrons. The van der Waals surface area contributed by atoms with Crippen LogP contribution >= 0.6 is 0 Å². The van der Waals surface area contributed by atoms with Gasteiger partial charge in [-0.2, -0.15) is 0 Å². The van der Waals surface area contributed by atoms with E-state index in [-0.39, 0.29) is 5.92 Å². The number of nitrogens with zero attached hydrogens (tertiary/aromatic N) is 1. The van der Waals surface area contributed by atoms with Crippen LogP contribution < -0.4 is 10.2 Å². The van der Waals surface area contributed by atoms with Gasteiger partial charge in [-0.25, -0.2) is 0 Å². The van der Waals surface area contributed by atoms with Crippen LogP contribution in [0.1, 0.15) is 19.4 Å². The van der Waals surface area contributed by atoms with Crippen molar-refractivity contribution in [2.45, 2.75) is 26.4 Å². The van der Waals surface area contributed by atoms with Crippen LogP contribution in [0.2, 0.25) is 0 Å². The zero-order valence-electron chi connectivity index (χ0n) is 11.5. The monoisotopic (exact) mass is 250 g/mol. The predicted octanol–water partition coefficient (Wildman–Crippen LogP) is 1.95. The third kappa shape index (κ3) is 4.04. The molecule has 0 heterocycles. The van der Waals surface area contributed by atoms with E-state index in [9.17, 15) is 4.79 Å². The molecule has 0 aliphatic carbocycles. The van der Waals surface area contributed by atoms with Crippen LogP contribution in [0.3, 0.4) is 0 Å². The minimum absolute atomic E-state index is 0.0727. The molecule has 0 unspecified atom stereocenters. The lowest BCUT2D eigenvalue weighted by Crippen LogP contribution is -2.40. The summed E-state index contributed by atoms with van der Waals surface area (Å²) in [5.74, 6) is -0.724. The molecular formula is C14H22N2O2. The molecule has 0 aliphatic heterocycles. The SMILES string of the molecule is CC(C)[C@H](NCc1ccc(N(C)C)cc1)C(=O)O. The van der Waals surface area contributed by atoms with Crippen molar-refractivity contribution < 1.29 is 9.90 Å². The summed E-state index contributed by atoms with van der Waals surface area (Å²) < 4.78 is 0. The Morgan fingerprint density at radius 2 is 1.83 bits per heavy atom. The van der Waals surface area contributed by atoms with E-state index in [4.69, 9.17) is 5.11 Å². The molecular weight excluding hydrogens is 228 g/mol. The van der Waals surface area contributed by atoms with Crippen molar-refractivity contribution in [3.8, 4) is 0 Å². The Bertz CT molecular complexity index is 385. The Labute approximate surface area is 109 Å². The number of anilines is 1. The van der Waals surface area contributed by atoms with Gasteiger partial charge in [0.1, 0.15) is 6.04 Å². The Morgan fingerprint density at radius 3 is 2.22 bits per heavy atom. The fraction of sp³-hybridized carbons (Fsp3) is 0.500. The van der Waals surface area contributed by atoms with Crippen LogP contribution in [0.25, 0.3) is 0 Å². The highest BCUT2D eigenvalue weighted by Gasteiger charge is 2.20. The number of carboxylic acid groups (broad SMARTS) is 1. The molecule has 0 aromatic heterocycles. The van der Waals surface area contributed by atoms with Gasteiger partial charge < -0.3 is 15.3 Å². The normalized spacial score (nSPS) is 12.5. The van der Waals surface area contributed by atoms with Gasteiger partial charge in [-0.05, 0) is 23.6 Å². The van der Waals surface area contributed by atoms with Gasteiger partial charge >= 0.3 is 5.97 Å². The first kappa shape index (κ1) is 14.5. The standard InChI is InChI=1S/C14H22N2O2/c1-10(2)13(14(17)18)15-9-11-5-7-12(8-6-11)16(3)4/h5-8,10,13,15H,9H2,1-4H3,(H,17,18)/t13-/m0/s1. The lowest BCUT2D eigenvalue weighted by Gasteiger charge is -2.18. The second-order valence-corrected chi connectivity index (χ2v) is 5.00. The summed E-state index contributed by atoms with van der Waals surface area (Å²) in [4.78, 5) is 13.1. The lowest BCUT2D eigenvalue weighted by molar-refractivity contribution is -0.140. The van der Waals surface area contributed by atoms with Crippen molar-refractivity contribution in [1.29, 1.82) is 0 Å². The maximum Gasteiger partial charge on any atom is 0.320 e. The molecule has 0 amide bonds. The van der Waals surface area contributed by atoms with E-state index in [0.717, 1.165) is 11.3 Å². The molecule has 1 aromatic rings. The van der Waals surface area contributed by atoms with E-state index in [1.54, 1.807) is 0 Å². The smallest absolute Gasteiger partial charge is 0.320 e. The summed E-state index contributed by atoms with van der Waals surface area (Å²) >= 11 is 0. The molecule has 0 saturated heterocycles. The molecule has 0 bridgehead atoms. The number of hydrogen-bond acceptors (Lipinski definition) is 3. The van der Waals surface area contributed by atoms with Gasteiger partial charge in [0, 0.05) is 26.3 Å². The van der Waals surface area contributed by atoms with Gasteiger partial charge in [0.2, 0.25) is 0 Å². The van der Waals surface area contributed by atoms with E-state index in [1.807, 2.05) is 57.1 Å². The van der Waals surface area contributed by atoms with Crippen molar-refractivity contribution in [3.05, 3.63) is 29.8 Å². The average molecular weight is 250 g/mol. The van der Waals surface area contributed by atoms with Crippen molar-refractivity contribution in [2.24, 2.45) is 5.92 Å². The number of nitrogens with one attached hydrogen (secondary N) is 1. The predicted molar refractivity (Wildman–Crippen MR) is 73.9 cm³/mol. The summed E-state index contributed by atoms with van der Waals surface area (Å²) in [5, 5.41) is 12.1. The molecule has 4 nitrogen and oxygen atoms in total. The largest absolute Gasteiger partial charge is 0.480 e. The van der Waals surface area contributed by atoms with Crippen molar-refractivity contribution in [1.82, 2.24) is 5.32 Å². The Morgan fingerprint density at radius 1 is 1.28 bits per heavy atom. The van der Waals surface area contributed by atoms with Crippen LogP contribution in [0.5, 0.6) is 0 Å². The second-order valence-electron chi connectivity index (χ2n) is 5.00. The van der Waals surface area contributed by atoms with E-state index in [1.165, 1.54) is 0 Å². The van der Waals surface area contributed by atoms with Crippen molar-refractivity contribution in [2.75, 3.05) is 19.0 Å². The lowest BCUT2D eigenvalue weighted by atomic mass is 10.0. The summed E-state index contributed by atoms with van der Waals surface area (Å²) in [6.07, 6.45) is 0. The summed E-state index contributed by atoms with van der Waals surface area (Å²) in [7, 11) is 3.99. The van der Waals surface area contributed by atoms with Gasteiger partial charge in [0.05, 0.1) is 0 Å². The van der Waals surface area contributed by atoms with Crippen LogP contribution in [-0.4, -0.2) is 31.2 Å². The minimum Gasteiger partial charge on any atom is -0.480 e. The third-order valence-electron chi connectivity index (χ3n) is 2.91. The zero-order chi connectivity index (χ0) is 13.7. The maximum atomic E-state index is 11.0. The van der Waals surface area contributed by atoms with Crippen LogP contribution in [0, 0.1) is 5.92 Å². The van der Waals surface area contributed by atoms with E-state index < -0.39 is 12.0 Å². The molecule has 100 valence electrons. The number of aliphatic carboxylic acids is 1. The molecule has 18 heavy (non-hydrogen) atoms. The molecule has 4 heteroatoms.